The Labute approximate surface area is 76.6 Å². The van der Waals surface area contributed by atoms with E-state index in [1.807, 2.05) is 25.4 Å². The molecular weight excluding hydrogens is 162 g/mol. The van der Waals surface area contributed by atoms with E-state index in [0.717, 1.165) is 16.3 Å². The van der Waals surface area contributed by atoms with Crippen molar-refractivity contribution < 1.29 is 0 Å². The molecule has 2 rings (SSSR count). The van der Waals surface area contributed by atoms with E-state index < -0.39 is 0 Å². The molecular formula is C10H11N3. The summed E-state index contributed by atoms with van der Waals surface area (Å²) in [7, 11) is 0. The van der Waals surface area contributed by atoms with Crippen molar-refractivity contribution in [1.29, 1.82) is 0 Å². The highest BCUT2D eigenvalue weighted by Gasteiger charge is 2.04. The predicted octanol–water partition coefficient (Wildman–Crippen LogP) is 1.65. The van der Waals surface area contributed by atoms with Gasteiger partial charge in [0.2, 0.25) is 0 Å². The van der Waals surface area contributed by atoms with Crippen LogP contribution in [0.2, 0.25) is 0 Å². The van der Waals surface area contributed by atoms with Crippen molar-refractivity contribution >= 4 is 10.8 Å². The average Bonchev–Trinajstić information content (AvgIpc) is 2.17. The summed E-state index contributed by atoms with van der Waals surface area (Å²) in [6.07, 6.45) is 7.21. The summed E-state index contributed by atoms with van der Waals surface area (Å²) in [6, 6.07) is 1.94. The highest BCUT2D eigenvalue weighted by atomic mass is 14.7. The summed E-state index contributed by atoms with van der Waals surface area (Å²) in [4.78, 5) is 8.20. The zero-order chi connectivity index (χ0) is 9.26. The first-order chi connectivity index (χ1) is 6.29. The number of rotatable bonds is 1. The van der Waals surface area contributed by atoms with Gasteiger partial charge in [0.15, 0.2) is 0 Å². The van der Waals surface area contributed by atoms with Gasteiger partial charge in [-0.1, -0.05) is 0 Å². The second-order valence-electron chi connectivity index (χ2n) is 3.11. The highest BCUT2D eigenvalue weighted by Crippen LogP contribution is 2.19. The normalized spacial score (nSPS) is 13.1. The zero-order valence-corrected chi connectivity index (χ0v) is 7.44. The molecule has 0 radical (unpaired) electrons. The fourth-order valence-electron chi connectivity index (χ4n) is 1.39. The van der Waals surface area contributed by atoms with E-state index in [1.165, 1.54) is 0 Å². The molecule has 3 heteroatoms. The number of nitrogens with two attached hydrogens (primary N) is 1. The van der Waals surface area contributed by atoms with E-state index in [1.54, 1.807) is 12.4 Å². The van der Waals surface area contributed by atoms with Crippen LogP contribution in [0, 0.1) is 0 Å². The quantitative estimate of drug-likeness (QED) is 0.713. The molecule has 66 valence electrons. The van der Waals surface area contributed by atoms with E-state index in [4.69, 9.17) is 5.73 Å². The van der Waals surface area contributed by atoms with Crippen molar-refractivity contribution in [2.45, 2.75) is 13.0 Å². The number of hydrogen-bond donors (Lipinski definition) is 1. The second-order valence-corrected chi connectivity index (χ2v) is 3.11. The van der Waals surface area contributed by atoms with Crippen LogP contribution < -0.4 is 5.73 Å². The topological polar surface area (TPSA) is 51.8 Å². The predicted molar refractivity (Wildman–Crippen MR) is 52.1 cm³/mol. The molecule has 0 fully saturated rings. The molecule has 2 heterocycles. The van der Waals surface area contributed by atoms with Crippen molar-refractivity contribution in [3.8, 4) is 0 Å². The lowest BCUT2D eigenvalue weighted by molar-refractivity contribution is 0.820. The molecule has 0 aliphatic rings. The van der Waals surface area contributed by atoms with Crippen LogP contribution in [0.25, 0.3) is 10.8 Å². The molecule has 0 spiro atoms. The van der Waals surface area contributed by atoms with Gasteiger partial charge in [-0.15, -0.1) is 0 Å². The Morgan fingerprint density at radius 2 is 2.08 bits per heavy atom. The summed E-state index contributed by atoms with van der Waals surface area (Å²) < 4.78 is 0. The van der Waals surface area contributed by atoms with E-state index in [0.29, 0.717) is 0 Å². The summed E-state index contributed by atoms with van der Waals surface area (Å²) in [5.41, 5.74) is 6.86. The maximum absolute atomic E-state index is 5.81. The highest BCUT2D eigenvalue weighted by molar-refractivity contribution is 5.83. The van der Waals surface area contributed by atoms with Crippen molar-refractivity contribution in [2.75, 3.05) is 0 Å². The Bertz CT molecular complexity index is 418. The Hall–Kier alpha value is -1.48. The zero-order valence-electron chi connectivity index (χ0n) is 7.44. The second kappa shape index (κ2) is 3.11. The Kier molecular flexibility index (Phi) is 1.94. The molecule has 0 aliphatic carbocycles. The van der Waals surface area contributed by atoms with Gasteiger partial charge in [-0.05, 0) is 18.6 Å². The first-order valence-electron chi connectivity index (χ1n) is 4.22. The molecule has 0 bridgehead atoms. The van der Waals surface area contributed by atoms with Crippen LogP contribution in [0.3, 0.4) is 0 Å². The minimum Gasteiger partial charge on any atom is -0.324 e. The number of fused-ring (bicyclic) bond motifs is 1. The van der Waals surface area contributed by atoms with Crippen LogP contribution in [0.5, 0.6) is 0 Å². The molecule has 1 unspecified atom stereocenters. The lowest BCUT2D eigenvalue weighted by Crippen LogP contribution is -2.06. The molecule has 1 atom stereocenters. The van der Waals surface area contributed by atoms with Crippen LogP contribution in [0.4, 0.5) is 0 Å². The molecule has 0 aliphatic heterocycles. The minimum absolute atomic E-state index is 0.000370. The van der Waals surface area contributed by atoms with Gasteiger partial charge in [0.1, 0.15) is 0 Å². The van der Waals surface area contributed by atoms with Gasteiger partial charge in [0.05, 0.1) is 0 Å². The number of nitrogens with zero attached hydrogens (tertiary/aromatic N) is 2. The van der Waals surface area contributed by atoms with Crippen LogP contribution >= 0.6 is 0 Å². The first-order valence-corrected chi connectivity index (χ1v) is 4.22. The van der Waals surface area contributed by atoms with Gasteiger partial charge in [-0.3, -0.25) is 9.97 Å². The SMILES string of the molecule is CC(N)c1cncc2ccncc12. The maximum Gasteiger partial charge on any atom is 0.0350 e. The standard InChI is InChI=1S/C10H11N3/c1-7(11)9-5-13-4-8-2-3-12-6-10(8)9/h2-7H,11H2,1H3. The fourth-order valence-corrected chi connectivity index (χ4v) is 1.39. The monoisotopic (exact) mass is 173 g/mol. The van der Waals surface area contributed by atoms with Gasteiger partial charge < -0.3 is 5.73 Å². The Morgan fingerprint density at radius 1 is 1.23 bits per heavy atom. The van der Waals surface area contributed by atoms with Crippen molar-refractivity contribution in [2.24, 2.45) is 5.73 Å². The number of aromatic nitrogens is 2. The lowest BCUT2D eigenvalue weighted by Gasteiger charge is -2.07. The first kappa shape index (κ1) is 8.13. The van der Waals surface area contributed by atoms with Crippen molar-refractivity contribution in [3.05, 3.63) is 36.4 Å². The summed E-state index contributed by atoms with van der Waals surface area (Å²) in [6.45, 7) is 1.95. The largest absolute Gasteiger partial charge is 0.324 e. The van der Waals surface area contributed by atoms with Gasteiger partial charge in [0, 0.05) is 41.6 Å². The molecule has 2 aromatic rings. The smallest absolute Gasteiger partial charge is 0.0350 e. The van der Waals surface area contributed by atoms with Crippen LogP contribution in [0.1, 0.15) is 18.5 Å². The minimum atomic E-state index is 0.000370. The number of pyridine rings is 2. The van der Waals surface area contributed by atoms with Gasteiger partial charge >= 0.3 is 0 Å². The maximum atomic E-state index is 5.81. The van der Waals surface area contributed by atoms with Gasteiger partial charge in [0.25, 0.3) is 0 Å². The molecule has 0 amide bonds. The summed E-state index contributed by atoms with van der Waals surface area (Å²) in [5.74, 6) is 0. The van der Waals surface area contributed by atoms with Gasteiger partial charge in [-0.25, -0.2) is 0 Å². The van der Waals surface area contributed by atoms with E-state index in [9.17, 15) is 0 Å². The van der Waals surface area contributed by atoms with Crippen molar-refractivity contribution in [1.82, 2.24) is 9.97 Å². The molecule has 0 saturated carbocycles. The van der Waals surface area contributed by atoms with Crippen LogP contribution in [0.15, 0.2) is 30.9 Å². The molecule has 13 heavy (non-hydrogen) atoms. The fraction of sp³-hybridized carbons (Fsp3) is 0.200. The van der Waals surface area contributed by atoms with Crippen LogP contribution in [-0.4, -0.2) is 9.97 Å². The molecule has 3 nitrogen and oxygen atoms in total. The molecule has 0 aromatic carbocycles. The molecule has 0 saturated heterocycles. The molecule has 2 aromatic heterocycles. The third kappa shape index (κ3) is 1.38. The summed E-state index contributed by atoms with van der Waals surface area (Å²) in [5, 5.41) is 2.18. The lowest BCUT2D eigenvalue weighted by atomic mass is 10.1. The van der Waals surface area contributed by atoms with E-state index >= 15 is 0 Å². The van der Waals surface area contributed by atoms with E-state index in [2.05, 4.69) is 9.97 Å². The third-order valence-corrected chi connectivity index (χ3v) is 2.08. The summed E-state index contributed by atoms with van der Waals surface area (Å²) >= 11 is 0. The van der Waals surface area contributed by atoms with Gasteiger partial charge in [-0.2, -0.15) is 0 Å². The Morgan fingerprint density at radius 3 is 2.85 bits per heavy atom. The van der Waals surface area contributed by atoms with Crippen molar-refractivity contribution in [3.63, 3.8) is 0 Å². The number of hydrogen-bond acceptors (Lipinski definition) is 3. The third-order valence-electron chi connectivity index (χ3n) is 2.08. The molecule has 2 N–H and O–H groups in total. The van der Waals surface area contributed by atoms with E-state index in [-0.39, 0.29) is 6.04 Å². The van der Waals surface area contributed by atoms with Crippen LogP contribution in [-0.2, 0) is 0 Å². The average molecular weight is 173 g/mol. The Balaban J connectivity index is 2.76.